The molecular weight excluding hydrogens is 315 g/mol. The van der Waals surface area contributed by atoms with Gasteiger partial charge in [-0.25, -0.2) is 0 Å². The highest BCUT2D eigenvalue weighted by Gasteiger charge is 2.32. The molecule has 0 unspecified atom stereocenters. The third-order valence-electron chi connectivity index (χ3n) is 2.01. The van der Waals surface area contributed by atoms with Crippen molar-refractivity contribution < 1.29 is 22.6 Å². The van der Waals surface area contributed by atoms with Gasteiger partial charge in [-0.05, 0) is 48.0 Å². The Morgan fingerprint density at radius 3 is 2.28 bits per heavy atom. The zero-order chi connectivity index (χ0) is 14.0. The van der Waals surface area contributed by atoms with E-state index >= 15 is 0 Å². The van der Waals surface area contributed by atoms with Crippen molar-refractivity contribution in [2.75, 3.05) is 6.54 Å². The SMILES string of the molecule is CC(C)(CN)Oc1ccc(OC(F)(F)F)c(Br)c1. The highest BCUT2D eigenvalue weighted by atomic mass is 79.9. The molecule has 2 N–H and O–H groups in total. The number of hydrogen-bond acceptors (Lipinski definition) is 3. The van der Waals surface area contributed by atoms with Crippen molar-refractivity contribution >= 4 is 15.9 Å². The molecule has 0 bridgehead atoms. The van der Waals surface area contributed by atoms with Gasteiger partial charge >= 0.3 is 6.36 Å². The van der Waals surface area contributed by atoms with Crippen molar-refractivity contribution in [3.63, 3.8) is 0 Å². The Kier molecular flexibility index (Phi) is 4.50. The Morgan fingerprint density at radius 2 is 1.83 bits per heavy atom. The minimum atomic E-state index is -4.72. The van der Waals surface area contributed by atoms with Gasteiger partial charge in [-0.2, -0.15) is 0 Å². The van der Waals surface area contributed by atoms with Gasteiger partial charge in [0, 0.05) is 6.54 Å². The average Bonchev–Trinajstić information content (AvgIpc) is 2.20. The lowest BCUT2D eigenvalue weighted by atomic mass is 10.1. The van der Waals surface area contributed by atoms with Crippen molar-refractivity contribution in [3.05, 3.63) is 22.7 Å². The lowest BCUT2D eigenvalue weighted by Gasteiger charge is -2.25. The fraction of sp³-hybridized carbons (Fsp3) is 0.455. The molecule has 1 rings (SSSR count). The molecule has 0 aromatic heterocycles. The molecule has 0 fully saturated rings. The Morgan fingerprint density at radius 1 is 1.22 bits per heavy atom. The average molecular weight is 328 g/mol. The molecule has 18 heavy (non-hydrogen) atoms. The molecule has 1 aromatic carbocycles. The third kappa shape index (κ3) is 4.73. The number of ether oxygens (including phenoxy) is 2. The maximum atomic E-state index is 12.1. The Bertz CT molecular complexity index is 421. The Labute approximate surface area is 111 Å². The topological polar surface area (TPSA) is 44.5 Å². The van der Waals surface area contributed by atoms with Gasteiger partial charge in [0.25, 0.3) is 0 Å². The highest BCUT2D eigenvalue weighted by molar-refractivity contribution is 9.10. The van der Waals surface area contributed by atoms with E-state index in [-0.39, 0.29) is 16.8 Å². The van der Waals surface area contributed by atoms with Crippen LogP contribution in [0.1, 0.15) is 13.8 Å². The molecule has 0 spiro atoms. The molecule has 0 aliphatic rings. The standard InChI is InChI=1S/C11H13BrF3NO2/c1-10(2,6-16)17-7-3-4-9(8(12)5-7)18-11(13,14)15/h3-5H,6,16H2,1-2H3. The third-order valence-corrected chi connectivity index (χ3v) is 2.63. The summed E-state index contributed by atoms with van der Waals surface area (Å²) in [5.74, 6) is 0.0901. The van der Waals surface area contributed by atoms with Gasteiger partial charge in [-0.1, -0.05) is 0 Å². The van der Waals surface area contributed by atoms with Crippen LogP contribution >= 0.6 is 15.9 Å². The second-order valence-corrected chi connectivity index (χ2v) is 5.06. The predicted molar refractivity (Wildman–Crippen MR) is 64.6 cm³/mol. The van der Waals surface area contributed by atoms with Crippen LogP contribution in [0.3, 0.4) is 0 Å². The van der Waals surface area contributed by atoms with Crippen molar-refractivity contribution in [3.8, 4) is 11.5 Å². The van der Waals surface area contributed by atoms with E-state index in [0.29, 0.717) is 5.75 Å². The van der Waals surface area contributed by atoms with Crippen LogP contribution in [0.5, 0.6) is 11.5 Å². The van der Waals surface area contributed by atoms with Crippen LogP contribution < -0.4 is 15.2 Å². The first kappa shape index (κ1) is 15.1. The molecule has 0 amide bonds. The van der Waals surface area contributed by atoms with Gasteiger partial charge in [0.05, 0.1) is 4.47 Å². The molecule has 0 saturated heterocycles. The largest absolute Gasteiger partial charge is 0.573 e. The molecule has 0 radical (unpaired) electrons. The van der Waals surface area contributed by atoms with Crippen LogP contribution in [-0.4, -0.2) is 18.5 Å². The summed E-state index contributed by atoms with van der Waals surface area (Å²) in [7, 11) is 0. The summed E-state index contributed by atoms with van der Waals surface area (Å²) in [6, 6.07) is 3.97. The molecule has 0 aliphatic heterocycles. The van der Waals surface area contributed by atoms with Crippen molar-refractivity contribution in [2.45, 2.75) is 25.8 Å². The number of halogens is 4. The van der Waals surface area contributed by atoms with E-state index in [1.165, 1.54) is 18.2 Å². The number of alkyl halides is 3. The molecule has 102 valence electrons. The van der Waals surface area contributed by atoms with Crippen molar-refractivity contribution in [2.24, 2.45) is 5.73 Å². The summed E-state index contributed by atoms with van der Waals surface area (Å²) >= 11 is 2.99. The summed E-state index contributed by atoms with van der Waals surface area (Å²) in [6.07, 6.45) is -4.72. The van der Waals surface area contributed by atoms with Crippen molar-refractivity contribution in [1.29, 1.82) is 0 Å². The minimum absolute atomic E-state index is 0.158. The van der Waals surface area contributed by atoms with Crippen LogP contribution in [0.4, 0.5) is 13.2 Å². The summed E-state index contributed by atoms with van der Waals surface area (Å²) in [4.78, 5) is 0. The maximum Gasteiger partial charge on any atom is 0.573 e. The van der Waals surface area contributed by atoms with E-state index in [2.05, 4.69) is 20.7 Å². The molecule has 3 nitrogen and oxygen atoms in total. The second-order valence-electron chi connectivity index (χ2n) is 4.21. The molecule has 0 aliphatic carbocycles. The Hall–Kier alpha value is -0.950. The predicted octanol–water partition coefficient (Wildman–Crippen LogP) is 3.46. The van der Waals surface area contributed by atoms with E-state index in [1.807, 2.05) is 0 Å². The van der Waals surface area contributed by atoms with Crippen molar-refractivity contribution in [1.82, 2.24) is 0 Å². The Balaban J connectivity index is 2.86. The summed E-state index contributed by atoms with van der Waals surface area (Å²) in [6.45, 7) is 3.84. The van der Waals surface area contributed by atoms with Gasteiger partial charge in [0.1, 0.15) is 17.1 Å². The van der Waals surface area contributed by atoms with Gasteiger partial charge in [0.15, 0.2) is 0 Å². The zero-order valence-electron chi connectivity index (χ0n) is 9.84. The highest BCUT2D eigenvalue weighted by Crippen LogP contribution is 2.34. The monoisotopic (exact) mass is 327 g/mol. The van der Waals surface area contributed by atoms with Crippen LogP contribution in [0.25, 0.3) is 0 Å². The van der Waals surface area contributed by atoms with Gasteiger partial charge < -0.3 is 15.2 Å². The molecule has 0 atom stereocenters. The first-order chi connectivity index (χ1) is 8.13. The number of benzene rings is 1. The van der Waals surface area contributed by atoms with E-state index < -0.39 is 12.0 Å². The lowest BCUT2D eigenvalue weighted by molar-refractivity contribution is -0.274. The number of nitrogens with two attached hydrogens (primary N) is 1. The van der Waals surface area contributed by atoms with E-state index in [1.54, 1.807) is 13.8 Å². The fourth-order valence-corrected chi connectivity index (χ4v) is 1.55. The normalized spacial score (nSPS) is 12.4. The first-order valence-corrected chi connectivity index (χ1v) is 5.87. The zero-order valence-corrected chi connectivity index (χ0v) is 11.4. The van der Waals surface area contributed by atoms with Gasteiger partial charge in [0.2, 0.25) is 0 Å². The molecule has 7 heteroatoms. The van der Waals surface area contributed by atoms with Crippen LogP contribution in [0, 0.1) is 0 Å². The molecular formula is C11H13BrF3NO2. The van der Waals surface area contributed by atoms with Crippen LogP contribution in [-0.2, 0) is 0 Å². The van der Waals surface area contributed by atoms with Gasteiger partial charge in [-0.15, -0.1) is 13.2 Å². The summed E-state index contributed by atoms with van der Waals surface area (Å²) < 4.78 is 45.7. The minimum Gasteiger partial charge on any atom is -0.487 e. The van der Waals surface area contributed by atoms with E-state index in [9.17, 15) is 13.2 Å². The fourth-order valence-electron chi connectivity index (χ4n) is 1.11. The quantitative estimate of drug-likeness (QED) is 0.921. The molecule has 0 heterocycles. The van der Waals surface area contributed by atoms with Crippen LogP contribution in [0.2, 0.25) is 0 Å². The molecule has 1 aromatic rings. The van der Waals surface area contributed by atoms with E-state index in [4.69, 9.17) is 10.5 Å². The number of hydrogen-bond donors (Lipinski definition) is 1. The lowest BCUT2D eigenvalue weighted by Crippen LogP contribution is -2.37. The number of rotatable bonds is 4. The first-order valence-electron chi connectivity index (χ1n) is 5.07. The smallest absolute Gasteiger partial charge is 0.487 e. The van der Waals surface area contributed by atoms with Gasteiger partial charge in [-0.3, -0.25) is 0 Å². The van der Waals surface area contributed by atoms with E-state index in [0.717, 1.165) is 0 Å². The molecule has 0 saturated carbocycles. The second kappa shape index (κ2) is 5.36. The summed E-state index contributed by atoms with van der Waals surface area (Å²) in [5.41, 5.74) is 4.90. The summed E-state index contributed by atoms with van der Waals surface area (Å²) in [5, 5.41) is 0. The maximum absolute atomic E-state index is 12.1. The van der Waals surface area contributed by atoms with Crippen LogP contribution in [0.15, 0.2) is 22.7 Å².